The smallest absolute Gasteiger partial charge is 0.115 e. The second kappa shape index (κ2) is 4.57. The van der Waals surface area contributed by atoms with Crippen LogP contribution in [0.1, 0.15) is 13.8 Å². The molecule has 4 heteroatoms. The van der Waals surface area contributed by atoms with Gasteiger partial charge in [-0.05, 0) is 13.8 Å². The zero-order chi connectivity index (χ0) is 9.97. The van der Waals surface area contributed by atoms with E-state index in [0.29, 0.717) is 26.4 Å². The highest BCUT2D eigenvalue weighted by molar-refractivity contribution is 4.95. The molecule has 0 bridgehead atoms. The van der Waals surface area contributed by atoms with Crippen molar-refractivity contribution in [1.82, 2.24) is 0 Å². The summed E-state index contributed by atoms with van der Waals surface area (Å²) in [5.74, 6) is 0. The van der Waals surface area contributed by atoms with Gasteiger partial charge in [0.15, 0.2) is 0 Å². The molecule has 0 N–H and O–H groups in total. The van der Waals surface area contributed by atoms with Gasteiger partial charge in [-0.2, -0.15) is 0 Å². The molecule has 4 atom stereocenters. The first kappa shape index (κ1) is 10.4. The quantitative estimate of drug-likeness (QED) is 0.668. The Hall–Kier alpha value is -0.160. The van der Waals surface area contributed by atoms with Crippen molar-refractivity contribution in [2.45, 2.75) is 38.3 Å². The van der Waals surface area contributed by atoms with Crippen molar-refractivity contribution in [3.8, 4) is 0 Å². The molecule has 0 aromatic rings. The third kappa shape index (κ3) is 1.80. The molecule has 2 fully saturated rings. The molecule has 2 aliphatic heterocycles. The summed E-state index contributed by atoms with van der Waals surface area (Å²) in [6, 6.07) is 0. The average Bonchev–Trinajstić information content (AvgIpc) is 2.72. The highest BCUT2D eigenvalue weighted by Crippen LogP contribution is 2.30. The first-order chi connectivity index (χ1) is 6.86. The number of rotatable bonds is 4. The van der Waals surface area contributed by atoms with E-state index in [2.05, 4.69) is 0 Å². The summed E-state index contributed by atoms with van der Waals surface area (Å²) in [5, 5.41) is 0. The lowest BCUT2D eigenvalue weighted by molar-refractivity contribution is -0.0457. The van der Waals surface area contributed by atoms with Crippen molar-refractivity contribution in [3.63, 3.8) is 0 Å². The van der Waals surface area contributed by atoms with E-state index < -0.39 is 0 Å². The molecular formula is C10H18O4. The van der Waals surface area contributed by atoms with Gasteiger partial charge in [0.1, 0.15) is 24.4 Å². The molecule has 0 amide bonds. The Morgan fingerprint density at radius 1 is 0.929 bits per heavy atom. The zero-order valence-electron chi connectivity index (χ0n) is 8.77. The third-order valence-corrected chi connectivity index (χ3v) is 2.72. The summed E-state index contributed by atoms with van der Waals surface area (Å²) in [5.41, 5.74) is 0. The zero-order valence-corrected chi connectivity index (χ0v) is 8.77. The molecule has 0 aliphatic carbocycles. The summed E-state index contributed by atoms with van der Waals surface area (Å²) in [4.78, 5) is 0. The topological polar surface area (TPSA) is 36.9 Å². The Balaban J connectivity index is 1.90. The summed E-state index contributed by atoms with van der Waals surface area (Å²) < 4.78 is 22.3. The van der Waals surface area contributed by atoms with Crippen LogP contribution in [0.2, 0.25) is 0 Å². The van der Waals surface area contributed by atoms with Gasteiger partial charge in [-0.15, -0.1) is 0 Å². The minimum absolute atomic E-state index is 0.0755. The van der Waals surface area contributed by atoms with Crippen LogP contribution in [0.15, 0.2) is 0 Å². The van der Waals surface area contributed by atoms with Crippen LogP contribution in [0.4, 0.5) is 0 Å². The number of ether oxygens (including phenoxy) is 4. The maximum atomic E-state index is 5.63. The largest absolute Gasteiger partial charge is 0.373 e. The summed E-state index contributed by atoms with van der Waals surface area (Å²) in [6.45, 7) is 6.66. The number of fused-ring (bicyclic) bond motifs is 1. The van der Waals surface area contributed by atoms with Gasteiger partial charge in [0.2, 0.25) is 0 Å². The lowest BCUT2D eigenvalue weighted by Gasteiger charge is -2.16. The van der Waals surface area contributed by atoms with Crippen molar-refractivity contribution < 1.29 is 18.9 Å². The molecular weight excluding hydrogens is 184 g/mol. The van der Waals surface area contributed by atoms with E-state index in [9.17, 15) is 0 Å². The molecule has 2 heterocycles. The minimum atomic E-state index is 0.0755. The van der Waals surface area contributed by atoms with Gasteiger partial charge in [-0.25, -0.2) is 0 Å². The van der Waals surface area contributed by atoms with Gasteiger partial charge < -0.3 is 18.9 Å². The normalized spacial score (nSPS) is 41.6. The molecule has 0 spiro atoms. The Morgan fingerprint density at radius 3 is 1.71 bits per heavy atom. The first-order valence-electron chi connectivity index (χ1n) is 5.33. The molecule has 4 nitrogen and oxygen atoms in total. The predicted octanol–water partition coefficient (Wildman–Crippen LogP) is 0.594. The van der Waals surface area contributed by atoms with Crippen LogP contribution in [-0.2, 0) is 18.9 Å². The Morgan fingerprint density at radius 2 is 1.36 bits per heavy atom. The van der Waals surface area contributed by atoms with Crippen molar-refractivity contribution in [1.29, 1.82) is 0 Å². The van der Waals surface area contributed by atoms with Crippen LogP contribution in [-0.4, -0.2) is 50.8 Å². The van der Waals surface area contributed by atoms with Gasteiger partial charge in [0, 0.05) is 13.2 Å². The molecule has 82 valence electrons. The standard InChI is InChI=1S/C10H18O4/c1-3-11-7-5-13-10-8(12-4-2)6-14-9(7)10/h7-10H,3-6H2,1-2H3/t7-,8-,9-,10+/m1/s1. The van der Waals surface area contributed by atoms with Gasteiger partial charge in [0.25, 0.3) is 0 Å². The summed E-state index contributed by atoms with van der Waals surface area (Å²) in [7, 11) is 0. The van der Waals surface area contributed by atoms with Crippen LogP contribution in [0.25, 0.3) is 0 Å². The van der Waals surface area contributed by atoms with E-state index >= 15 is 0 Å². The molecule has 2 aliphatic rings. The van der Waals surface area contributed by atoms with Crippen LogP contribution in [0.5, 0.6) is 0 Å². The van der Waals surface area contributed by atoms with Crippen molar-refractivity contribution in [3.05, 3.63) is 0 Å². The molecule has 0 aromatic heterocycles. The summed E-state index contributed by atoms with van der Waals surface area (Å²) >= 11 is 0. The number of hydrogen-bond donors (Lipinski definition) is 0. The maximum Gasteiger partial charge on any atom is 0.115 e. The van der Waals surface area contributed by atoms with Gasteiger partial charge >= 0.3 is 0 Å². The fourth-order valence-corrected chi connectivity index (χ4v) is 2.14. The van der Waals surface area contributed by atoms with Gasteiger partial charge in [-0.1, -0.05) is 0 Å². The second-order valence-corrected chi connectivity index (χ2v) is 3.58. The molecule has 2 rings (SSSR count). The SMILES string of the molecule is CCO[C@@H]1CO[C@H]2[C@H]1OC[C@H]2OCC. The Labute approximate surface area is 84.5 Å². The van der Waals surface area contributed by atoms with E-state index in [1.54, 1.807) is 0 Å². The monoisotopic (exact) mass is 202 g/mol. The number of hydrogen-bond acceptors (Lipinski definition) is 4. The molecule has 0 radical (unpaired) electrons. The Kier molecular flexibility index (Phi) is 3.38. The van der Waals surface area contributed by atoms with Crippen molar-refractivity contribution in [2.24, 2.45) is 0 Å². The average molecular weight is 202 g/mol. The Bertz CT molecular complexity index is 165. The molecule has 0 unspecified atom stereocenters. The van der Waals surface area contributed by atoms with Crippen molar-refractivity contribution in [2.75, 3.05) is 26.4 Å². The highest BCUT2D eigenvalue weighted by Gasteiger charge is 2.48. The van der Waals surface area contributed by atoms with Crippen LogP contribution in [0.3, 0.4) is 0 Å². The van der Waals surface area contributed by atoms with E-state index in [-0.39, 0.29) is 24.4 Å². The van der Waals surface area contributed by atoms with Crippen LogP contribution in [0, 0.1) is 0 Å². The second-order valence-electron chi connectivity index (χ2n) is 3.58. The first-order valence-corrected chi connectivity index (χ1v) is 5.33. The highest BCUT2D eigenvalue weighted by atomic mass is 16.6. The lowest BCUT2D eigenvalue weighted by Crippen LogP contribution is -2.34. The fourth-order valence-electron chi connectivity index (χ4n) is 2.14. The van der Waals surface area contributed by atoms with E-state index in [0.717, 1.165) is 0 Å². The molecule has 0 aromatic carbocycles. The minimum Gasteiger partial charge on any atom is -0.373 e. The van der Waals surface area contributed by atoms with E-state index in [1.165, 1.54) is 0 Å². The summed E-state index contributed by atoms with van der Waals surface area (Å²) in [6.07, 6.45) is 0.337. The fraction of sp³-hybridized carbons (Fsp3) is 1.00. The maximum absolute atomic E-state index is 5.63. The predicted molar refractivity (Wildman–Crippen MR) is 50.3 cm³/mol. The van der Waals surface area contributed by atoms with Crippen LogP contribution >= 0.6 is 0 Å². The molecule has 14 heavy (non-hydrogen) atoms. The third-order valence-electron chi connectivity index (χ3n) is 2.72. The van der Waals surface area contributed by atoms with Gasteiger partial charge in [0.05, 0.1) is 13.2 Å². The lowest BCUT2D eigenvalue weighted by atomic mass is 10.1. The van der Waals surface area contributed by atoms with Gasteiger partial charge in [-0.3, -0.25) is 0 Å². The van der Waals surface area contributed by atoms with E-state index in [1.807, 2.05) is 13.8 Å². The molecule has 2 saturated heterocycles. The molecule has 0 saturated carbocycles. The van der Waals surface area contributed by atoms with E-state index in [4.69, 9.17) is 18.9 Å². The van der Waals surface area contributed by atoms with Crippen molar-refractivity contribution >= 4 is 0 Å². The van der Waals surface area contributed by atoms with Crippen LogP contribution < -0.4 is 0 Å².